The maximum absolute atomic E-state index is 14.1. The van der Waals surface area contributed by atoms with Crippen molar-refractivity contribution >= 4 is 40.3 Å². The molecule has 162 valence electrons. The highest BCUT2D eigenvalue weighted by Gasteiger charge is 2.15. The van der Waals surface area contributed by atoms with Gasteiger partial charge in [0, 0.05) is 21.2 Å². The second kappa shape index (κ2) is 10.4. The Morgan fingerprint density at radius 1 is 1.19 bits per heavy atom. The van der Waals surface area contributed by atoms with Gasteiger partial charge in [0.15, 0.2) is 0 Å². The summed E-state index contributed by atoms with van der Waals surface area (Å²) in [6.07, 6.45) is 1.90. The smallest absolute Gasteiger partial charge is 0.266 e. The number of aryl methyl sites for hydroxylation is 1. The van der Waals surface area contributed by atoms with Crippen LogP contribution in [-0.4, -0.2) is 13.0 Å². The van der Waals surface area contributed by atoms with Crippen LogP contribution >= 0.6 is 22.6 Å². The number of halogens is 2. The minimum absolute atomic E-state index is 0.0226. The van der Waals surface area contributed by atoms with Crippen LogP contribution in [0.15, 0.2) is 60.2 Å². The lowest BCUT2D eigenvalue weighted by Crippen LogP contribution is -2.14. The highest BCUT2D eigenvalue weighted by Crippen LogP contribution is 2.30. The molecule has 32 heavy (non-hydrogen) atoms. The molecule has 0 aromatic heterocycles. The lowest BCUT2D eigenvalue weighted by atomic mass is 10.0. The molecule has 0 atom stereocenters. The van der Waals surface area contributed by atoms with E-state index >= 15 is 0 Å². The van der Waals surface area contributed by atoms with E-state index in [1.54, 1.807) is 37.4 Å². The summed E-state index contributed by atoms with van der Waals surface area (Å²) in [7, 11) is 1.54. The molecule has 0 aliphatic rings. The number of amides is 1. The zero-order valence-electron chi connectivity index (χ0n) is 18.0. The van der Waals surface area contributed by atoms with E-state index < -0.39 is 5.91 Å². The molecule has 0 saturated heterocycles. The Morgan fingerprint density at radius 3 is 2.62 bits per heavy atom. The fourth-order valence-electron chi connectivity index (χ4n) is 3.29. The summed E-state index contributed by atoms with van der Waals surface area (Å²) in [6.45, 7) is 3.88. The van der Waals surface area contributed by atoms with Gasteiger partial charge in [0.2, 0.25) is 0 Å². The molecule has 3 aromatic carbocycles. The first-order chi connectivity index (χ1) is 15.3. The highest BCUT2D eigenvalue weighted by molar-refractivity contribution is 14.1. The lowest BCUT2D eigenvalue weighted by molar-refractivity contribution is -0.112. The van der Waals surface area contributed by atoms with Crippen molar-refractivity contribution in [2.45, 2.75) is 20.3 Å². The van der Waals surface area contributed by atoms with E-state index in [4.69, 9.17) is 4.74 Å². The molecule has 0 saturated carbocycles. The Hall–Kier alpha value is -3.18. The van der Waals surface area contributed by atoms with Gasteiger partial charge in [-0.2, -0.15) is 5.26 Å². The van der Waals surface area contributed by atoms with Crippen molar-refractivity contribution in [1.29, 1.82) is 5.26 Å². The van der Waals surface area contributed by atoms with Crippen LogP contribution in [0.1, 0.15) is 27.8 Å². The van der Waals surface area contributed by atoms with Crippen molar-refractivity contribution in [3.8, 4) is 11.8 Å². The maximum atomic E-state index is 14.1. The summed E-state index contributed by atoms with van der Waals surface area (Å²) in [5.74, 6) is -0.187. The van der Waals surface area contributed by atoms with Crippen LogP contribution in [0.2, 0.25) is 0 Å². The van der Waals surface area contributed by atoms with Crippen molar-refractivity contribution in [3.05, 3.63) is 97.4 Å². The molecule has 0 heterocycles. The quantitative estimate of drug-likeness (QED) is 0.230. The van der Waals surface area contributed by atoms with Crippen molar-refractivity contribution in [2.24, 2.45) is 0 Å². The first kappa shape index (κ1) is 23.5. The molecule has 3 rings (SSSR count). The molecular formula is C26H22FIN2O2. The summed E-state index contributed by atoms with van der Waals surface area (Å²) < 4.78 is 20.5. The number of ether oxygens (including phenoxy) is 1. The average molecular weight is 540 g/mol. The second-order valence-corrected chi connectivity index (χ2v) is 8.49. The number of nitrogens with one attached hydrogen (secondary N) is 1. The minimum atomic E-state index is -0.481. The topological polar surface area (TPSA) is 62.1 Å². The monoisotopic (exact) mass is 540 g/mol. The molecule has 1 amide bonds. The van der Waals surface area contributed by atoms with Gasteiger partial charge in [0.1, 0.15) is 23.2 Å². The Kier molecular flexibility index (Phi) is 7.65. The SMILES string of the molecule is COc1cc(/C=C(\C#N)C(=O)Nc2cccc(C)c2C)cc(I)c1Cc1ccccc1F. The van der Waals surface area contributed by atoms with Crippen molar-refractivity contribution < 1.29 is 13.9 Å². The van der Waals surface area contributed by atoms with Crippen LogP contribution < -0.4 is 10.1 Å². The van der Waals surface area contributed by atoms with Gasteiger partial charge in [0.05, 0.1) is 7.11 Å². The van der Waals surface area contributed by atoms with Crippen LogP contribution in [0.5, 0.6) is 5.75 Å². The number of rotatable bonds is 6. The second-order valence-electron chi connectivity index (χ2n) is 7.32. The Labute approximate surface area is 200 Å². The minimum Gasteiger partial charge on any atom is -0.496 e. The zero-order valence-corrected chi connectivity index (χ0v) is 20.2. The number of hydrogen-bond donors (Lipinski definition) is 1. The summed E-state index contributed by atoms with van der Waals surface area (Å²) in [5.41, 5.74) is 4.71. The van der Waals surface area contributed by atoms with Crippen LogP contribution in [0.25, 0.3) is 6.08 Å². The van der Waals surface area contributed by atoms with Crippen LogP contribution in [0, 0.1) is 34.6 Å². The Morgan fingerprint density at radius 2 is 1.94 bits per heavy atom. The van der Waals surface area contributed by atoms with Crippen LogP contribution in [-0.2, 0) is 11.2 Å². The zero-order chi connectivity index (χ0) is 23.3. The van der Waals surface area contributed by atoms with Gasteiger partial charge < -0.3 is 10.1 Å². The van der Waals surface area contributed by atoms with E-state index in [0.29, 0.717) is 29.0 Å². The Balaban J connectivity index is 1.91. The Bertz CT molecular complexity index is 1250. The van der Waals surface area contributed by atoms with Crippen LogP contribution in [0.3, 0.4) is 0 Å². The largest absolute Gasteiger partial charge is 0.496 e. The van der Waals surface area contributed by atoms with Gasteiger partial charge in [-0.15, -0.1) is 0 Å². The van der Waals surface area contributed by atoms with E-state index in [0.717, 1.165) is 20.3 Å². The number of carbonyl (C=O) groups excluding carboxylic acids is 1. The number of benzene rings is 3. The first-order valence-electron chi connectivity index (χ1n) is 9.93. The van der Waals surface area contributed by atoms with E-state index in [1.807, 2.05) is 38.1 Å². The molecule has 0 bridgehead atoms. The summed E-state index contributed by atoms with van der Waals surface area (Å²) >= 11 is 2.16. The van der Waals surface area contributed by atoms with Crippen molar-refractivity contribution in [1.82, 2.24) is 0 Å². The predicted octanol–water partition coefficient (Wildman–Crippen LogP) is 6.19. The van der Waals surface area contributed by atoms with Crippen molar-refractivity contribution in [3.63, 3.8) is 0 Å². The van der Waals surface area contributed by atoms with Gasteiger partial charge in [-0.05, 0) is 89.0 Å². The van der Waals surface area contributed by atoms with E-state index in [-0.39, 0.29) is 11.4 Å². The number of hydrogen-bond acceptors (Lipinski definition) is 3. The molecule has 0 unspecified atom stereocenters. The van der Waals surface area contributed by atoms with Gasteiger partial charge >= 0.3 is 0 Å². The molecule has 0 radical (unpaired) electrons. The third-order valence-electron chi connectivity index (χ3n) is 5.25. The molecular weight excluding hydrogens is 518 g/mol. The summed E-state index contributed by atoms with van der Waals surface area (Å²) in [4.78, 5) is 12.7. The van der Waals surface area contributed by atoms with Gasteiger partial charge in [-0.1, -0.05) is 30.3 Å². The molecule has 1 N–H and O–H groups in total. The number of methoxy groups -OCH3 is 1. The van der Waals surface area contributed by atoms with Crippen LogP contribution in [0.4, 0.5) is 10.1 Å². The molecule has 0 fully saturated rings. The van der Waals surface area contributed by atoms with E-state index in [9.17, 15) is 14.4 Å². The normalized spacial score (nSPS) is 11.1. The first-order valence-corrected chi connectivity index (χ1v) is 11.0. The predicted molar refractivity (Wildman–Crippen MR) is 133 cm³/mol. The number of anilines is 1. The third-order valence-corrected chi connectivity index (χ3v) is 6.21. The van der Waals surface area contributed by atoms with E-state index in [1.165, 1.54) is 12.1 Å². The number of nitriles is 1. The molecule has 6 heteroatoms. The standard InChI is InChI=1S/C26H22FIN2O2/c1-16-7-6-10-24(17(16)2)30-26(31)20(15-29)11-18-12-23(28)21(25(13-18)32-3)14-19-8-4-5-9-22(19)27/h4-13H,14H2,1-3H3,(H,30,31)/b20-11+. The number of carbonyl (C=O) groups is 1. The van der Waals surface area contributed by atoms with Gasteiger partial charge in [-0.3, -0.25) is 4.79 Å². The summed E-state index contributed by atoms with van der Waals surface area (Å²) in [6, 6.07) is 17.8. The third kappa shape index (κ3) is 5.35. The lowest BCUT2D eigenvalue weighted by Gasteiger charge is -2.13. The van der Waals surface area contributed by atoms with Crippen molar-refractivity contribution in [2.75, 3.05) is 12.4 Å². The summed E-state index contributed by atoms with van der Waals surface area (Å²) in [5, 5.41) is 12.4. The number of nitrogens with zero attached hydrogens (tertiary/aromatic N) is 1. The van der Waals surface area contributed by atoms with Gasteiger partial charge in [0.25, 0.3) is 5.91 Å². The fourth-order valence-corrected chi connectivity index (χ4v) is 4.11. The maximum Gasteiger partial charge on any atom is 0.266 e. The van der Waals surface area contributed by atoms with E-state index in [2.05, 4.69) is 27.9 Å². The molecule has 4 nitrogen and oxygen atoms in total. The fraction of sp³-hybridized carbons (Fsp3) is 0.154. The average Bonchev–Trinajstić information content (AvgIpc) is 2.77. The highest BCUT2D eigenvalue weighted by atomic mass is 127. The molecule has 0 spiro atoms. The molecule has 0 aliphatic heterocycles. The molecule has 3 aromatic rings. The van der Waals surface area contributed by atoms with Gasteiger partial charge in [-0.25, -0.2) is 4.39 Å². The molecule has 0 aliphatic carbocycles.